The second kappa shape index (κ2) is 5.57. The molecule has 5 nitrogen and oxygen atoms in total. The fourth-order valence-electron chi connectivity index (χ4n) is 0.824. The third-order valence-corrected chi connectivity index (χ3v) is 2.31. The summed E-state index contributed by atoms with van der Waals surface area (Å²) < 4.78 is 0. The van der Waals surface area contributed by atoms with Gasteiger partial charge in [0.2, 0.25) is 0 Å². The van der Waals surface area contributed by atoms with Crippen LogP contribution in [0.3, 0.4) is 0 Å². The number of hydrogen-bond donors (Lipinski definition) is 1. The average molecular weight is 246 g/mol. The molecule has 1 heterocycles. The van der Waals surface area contributed by atoms with E-state index in [4.69, 9.17) is 11.6 Å². The Bertz CT molecular complexity index is 380. The highest BCUT2D eigenvalue weighted by molar-refractivity contribution is 8.02. The molecule has 7 heteroatoms. The third kappa shape index (κ3) is 4.18. The predicted octanol–water partition coefficient (Wildman–Crippen LogP) is 2.59. The first-order chi connectivity index (χ1) is 7.11. The summed E-state index contributed by atoms with van der Waals surface area (Å²) in [4.78, 5) is 13.6. The van der Waals surface area contributed by atoms with Crippen molar-refractivity contribution < 1.29 is 4.92 Å². The molecule has 0 radical (unpaired) electrons. The van der Waals surface area contributed by atoms with E-state index in [-0.39, 0.29) is 0 Å². The van der Waals surface area contributed by atoms with Crippen molar-refractivity contribution in [1.29, 1.82) is 0 Å². The number of nitrogens with one attached hydrogen (secondary N) is 1. The van der Waals surface area contributed by atoms with E-state index < -0.39 is 4.92 Å². The number of thioether (sulfide) groups is 1. The van der Waals surface area contributed by atoms with Gasteiger partial charge in [-0.3, -0.25) is 10.1 Å². The lowest BCUT2D eigenvalue weighted by atomic mass is 10.4. The van der Waals surface area contributed by atoms with Gasteiger partial charge in [-0.05, 0) is 18.4 Å². The minimum atomic E-state index is -0.512. The van der Waals surface area contributed by atoms with Gasteiger partial charge in [-0.25, -0.2) is 4.98 Å². The van der Waals surface area contributed by atoms with Gasteiger partial charge in [-0.1, -0.05) is 11.6 Å². The van der Waals surface area contributed by atoms with Crippen molar-refractivity contribution in [1.82, 2.24) is 4.98 Å². The van der Waals surface area contributed by atoms with Gasteiger partial charge in [0.25, 0.3) is 6.20 Å². The first-order valence-electron chi connectivity index (χ1n) is 3.89. The zero-order valence-electron chi connectivity index (χ0n) is 7.81. The first-order valence-corrected chi connectivity index (χ1v) is 5.50. The smallest absolute Gasteiger partial charge is 0.264 e. The van der Waals surface area contributed by atoms with Crippen LogP contribution in [-0.2, 0) is 0 Å². The van der Waals surface area contributed by atoms with Crippen LogP contribution in [-0.4, -0.2) is 16.2 Å². The second-order valence-corrected chi connectivity index (χ2v) is 3.71. The molecule has 0 fully saturated rings. The molecule has 0 saturated carbocycles. The maximum Gasteiger partial charge on any atom is 0.264 e. The van der Waals surface area contributed by atoms with Crippen molar-refractivity contribution in [2.75, 3.05) is 11.6 Å². The number of rotatable bonds is 4. The highest BCUT2D eigenvalue weighted by Gasteiger charge is 2.02. The lowest BCUT2D eigenvalue weighted by Crippen LogP contribution is -1.99. The number of nitro groups is 1. The second-order valence-electron chi connectivity index (χ2n) is 2.48. The van der Waals surface area contributed by atoms with Crippen LogP contribution in [0.15, 0.2) is 29.6 Å². The van der Waals surface area contributed by atoms with E-state index in [1.165, 1.54) is 18.0 Å². The molecule has 80 valence electrons. The summed E-state index contributed by atoms with van der Waals surface area (Å²) in [5.74, 6) is 0. The number of nitrogens with zero attached hydrogens (tertiary/aromatic N) is 2. The van der Waals surface area contributed by atoms with Gasteiger partial charge in [0.15, 0.2) is 0 Å². The van der Waals surface area contributed by atoms with Crippen LogP contribution in [0.2, 0.25) is 5.15 Å². The summed E-state index contributed by atoms with van der Waals surface area (Å²) >= 11 is 6.84. The van der Waals surface area contributed by atoms with Gasteiger partial charge in [0.1, 0.15) is 10.2 Å². The summed E-state index contributed by atoms with van der Waals surface area (Å²) in [6.07, 6.45) is 4.15. The summed E-state index contributed by atoms with van der Waals surface area (Å²) in [6.45, 7) is 0. The molecule has 0 aliphatic heterocycles. The Morgan fingerprint density at radius 2 is 2.47 bits per heavy atom. The molecular formula is C8H8ClN3O2S. The van der Waals surface area contributed by atoms with Crippen LogP contribution < -0.4 is 5.32 Å². The zero-order valence-corrected chi connectivity index (χ0v) is 9.38. The van der Waals surface area contributed by atoms with E-state index in [0.717, 1.165) is 6.20 Å². The Hall–Kier alpha value is -1.27. The van der Waals surface area contributed by atoms with Crippen molar-refractivity contribution in [2.24, 2.45) is 0 Å². The van der Waals surface area contributed by atoms with Gasteiger partial charge in [0.05, 0.1) is 16.8 Å². The number of pyridine rings is 1. The maximum absolute atomic E-state index is 10.3. The van der Waals surface area contributed by atoms with Gasteiger partial charge in [0, 0.05) is 0 Å². The topological polar surface area (TPSA) is 68.1 Å². The van der Waals surface area contributed by atoms with E-state index in [0.29, 0.717) is 15.9 Å². The number of aromatic nitrogens is 1. The molecule has 0 atom stereocenters. The van der Waals surface area contributed by atoms with Crippen molar-refractivity contribution in [3.05, 3.63) is 44.8 Å². The van der Waals surface area contributed by atoms with Crippen LogP contribution in [0.4, 0.5) is 5.69 Å². The SMILES string of the molecule is CSC(=C[N+](=O)[O-])Nc1ccc(Cl)nc1. The average Bonchev–Trinajstić information content (AvgIpc) is 2.19. The summed E-state index contributed by atoms with van der Waals surface area (Å²) in [5, 5.41) is 13.9. The molecule has 0 unspecified atom stereocenters. The fourth-order valence-corrected chi connectivity index (χ4v) is 1.35. The Kier molecular flexibility index (Phi) is 4.38. The molecule has 0 spiro atoms. The molecule has 0 saturated heterocycles. The zero-order chi connectivity index (χ0) is 11.3. The highest BCUT2D eigenvalue weighted by Crippen LogP contribution is 2.17. The number of halogens is 1. The largest absolute Gasteiger partial charge is 0.344 e. The Labute approximate surface area is 95.7 Å². The molecule has 1 aromatic heterocycles. The number of hydrogen-bond acceptors (Lipinski definition) is 5. The normalized spacial score (nSPS) is 11.2. The molecule has 0 amide bonds. The van der Waals surface area contributed by atoms with Crippen molar-refractivity contribution in [2.45, 2.75) is 0 Å². The fraction of sp³-hybridized carbons (Fsp3) is 0.125. The minimum Gasteiger partial charge on any atom is -0.344 e. The monoisotopic (exact) mass is 245 g/mol. The quantitative estimate of drug-likeness (QED) is 0.502. The van der Waals surface area contributed by atoms with Crippen LogP contribution in [0, 0.1) is 10.1 Å². The molecular weight excluding hydrogens is 238 g/mol. The van der Waals surface area contributed by atoms with Gasteiger partial charge >= 0.3 is 0 Å². The maximum atomic E-state index is 10.3. The third-order valence-electron chi connectivity index (χ3n) is 1.44. The van der Waals surface area contributed by atoms with E-state index in [2.05, 4.69) is 10.3 Å². The number of anilines is 1. The standard InChI is InChI=1S/C8H8ClN3O2S/c1-15-8(5-12(13)14)11-6-2-3-7(9)10-4-6/h2-5,11H,1H3. The highest BCUT2D eigenvalue weighted by atomic mass is 35.5. The molecule has 0 aliphatic carbocycles. The lowest BCUT2D eigenvalue weighted by molar-refractivity contribution is -0.402. The van der Waals surface area contributed by atoms with Crippen molar-refractivity contribution in [3.63, 3.8) is 0 Å². The van der Waals surface area contributed by atoms with Crippen molar-refractivity contribution >= 4 is 29.1 Å². The molecule has 1 rings (SSSR count). The first kappa shape index (κ1) is 11.8. The molecule has 0 bridgehead atoms. The molecule has 0 aromatic carbocycles. The van der Waals surface area contributed by atoms with E-state index in [1.807, 2.05) is 0 Å². The van der Waals surface area contributed by atoms with Crippen LogP contribution >= 0.6 is 23.4 Å². The Balaban J connectivity index is 2.75. The van der Waals surface area contributed by atoms with Crippen molar-refractivity contribution in [3.8, 4) is 0 Å². The van der Waals surface area contributed by atoms with E-state index in [9.17, 15) is 10.1 Å². The van der Waals surface area contributed by atoms with E-state index in [1.54, 1.807) is 18.4 Å². The lowest BCUT2D eigenvalue weighted by Gasteiger charge is -2.04. The van der Waals surface area contributed by atoms with Gasteiger partial charge in [-0.15, -0.1) is 11.8 Å². The Morgan fingerprint density at radius 1 is 1.73 bits per heavy atom. The van der Waals surface area contributed by atoms with Crippen LogP contribution in [0.1, 0.15) is 0 Å². The van der Waals surface area contributed by atoms with E-state index >= 15 is 0 Å². The summed E-state index contributed by atoms with van der Waals surface area (Å²) in [6, 6.07) is 3.30. The van der Waals surface area contributed by atoms with Crippen LogP contribution in [0.5, 0.6) is 0 Å². The molecule has 0 aliphatic rings. The van der Waals surface area contributed by atoms with Gasteiger partial charge < -0.3 is 5.32 Å². The van der Waals surface area contributed by atoms with Crippen LogP contribution in [0.25, 0.3) is 0 Å². The Morgan fingerprint density at radius 3 is 2.93 bits per heavy atom. The minimum absolute atomic E-state index is 0.379. The summed E-state index contributed by atoms with van der Waals surface area (Å²) in [5.41, 5.74) is 0.654. The molecule has 1 aromatic rings. The molecule has 15 heavy (non-hydrogen) atoms. The summed E-state index contributed by atoms with van der Waals surface area (Å²) in [7, 11) is 0. The molecule has 1 N–H and O–H groups in total. The predicted molar refractivity (Wildman–Crippen MR) is 61.5 cm³/mol. The van der Waals surface area contributed by atoms with Gasteiger partial charge in [-0.2, -0.15) is 0 Å².